The van der Waals surface area contributed by atoms with Gasteiger partial charge in [0.05, 0.1) is 16.4 Å². The van der Waals surface area contributed by atoms with Crippen molar-refractivity contribution >= 4 is 46.4 Å². The lowest BCUT2D eigenvalue weighted by Gasteiger charge is -2.33. The van der Waals surface area contributed by atoms with Gasteiger partial charge in [-0.2, -0.15) is 0 Å². The van der Waals surface area contributed by atoms with Crippen molar-refractivity contribution in [2.75, 3.05) is 32.7 Å². The van der Waals surface area contributed by atoms with Gasteiger partial charge in [-0.25, -0.2) is 0 Å². The predicted molar refractivity (Wildman–Crippen MR) is 75.9 cm³/mol. The molecule has 0 atom stereocenters. The van der Waals surface area contributed by atoms with Crippen LogP contribution in [0.2, 0.25) is 8.67 Å². The molecule has 8 heteroatoms. The Labute approximate surface area is 124 Å². The zero-order chi connectivity index (χ0) is 14.0. The van der Waals surface area contributed by atoms with Gasteiger partial charge in [-0.1, -0.05) is 23.2 Å². The monoisotopic (exact) mass is 321 g/mol. The number of amides is 2. The van der Waals surface area contributed by atoms with Crippen molar-refractivity contribution in [3.8, 4) is 0 Å². The number of nitrogens with two attached hydrogens (primary N) is 1. The summed E-state index contributed by atoms with van der Waals surface area (Å²) in [4.78, 5) is 26.7. The maximum Gasteiger partial charge on any atom is 0.256 e. The molecule has 1 aliphatic rings. The van der Waals surface area contributed by atoms with Crippen LogP contribution >= 0.6 is 34.5 Å². The third kappa shape index (κ3) is 3.60. The molecule has 104 valence electrons. The Hall–Kier alpha value is -0.820. The molecule has 2 heterocycles. The van der Waals surface area contributed by atoms with Gasteiger partial charge in [-0.3, -0.25) is 14.5 Å². The van der Waals surface area contributed by atoms with Crippen LogP contribution in [0.4, 0.5) is 0 Å². The van der Waals surface area contributed by atoms with E-state index in [2.05, 4.69) is 0 Å². The Balaban J connectivity index is 1.96. The summed E-state index contributed by atoms with van der Waals surface area (Å²) < 4.78 is 0.912. The van der Waals surface area contributed by atoms with E-state index < -0.39 is 0 Å². The number of primary amides is 1. The summed E-state index contributed by atoms with van der Waals surface area (Å²) in [6.07, 6.45) is 0. The Kier molecular flexibility index (Phi) is 4.67. The topological polar surface area (TPSA) is 66.6 Å². The van der Waals surface area contributed by atoms with Gasteiger partial charge in [-0.05, 0) is 6.07 Å². The summed E-state index contributed by atoms with van der Waals surface area (Å²) in [6, 6.07) is 1.59. The second-order valence-electron chi connectivity index (χ2n) is 4.27. The highest BCUT2D eigenvalue weighted by Crippen LogP contribution is 2.32. The minimum atomic E-state index is -0.354. The van der Waals surface area contributed by atoms with Gasteiger partial charge in [0.2, 0.25) is 5.91 Å². The second kappa shape index (κ2) is 6.09. The van der Waals surface area contributed by atoms with Crippen LogP contribution in [0.3, 0.4) is 0 Å². The number of carbonyl (C=O) groups is 2. The van der Waals surface area contributed by atoms with E-state index in [4.69, 9.17) is 28.9 Å². The highest BCUT2D eigenvalue weighted by atomic mass is 35.5. The molecule has 1 aromatic rings. The molecular weight excluding hydrogens is 309 g/mol. The fourth-order valence-corrected chi connectivity index (χ4v) is 3.43. The first-order valence-electron chi connectivity index (χ1n) is 5.72. The number of nitrogens with zero attached hydrogens (tertiary/aromatic N) is 2. The number of halogens is 2. The van der Waals surface area contributed by atoms with E-state index in [0.29, 0.717) is 40.4 Å². The van der Waals surface area contributed by atoms with Crippen molar-refractivity contribution in [1.29, 1.82) is 0 Å². The van der Waals surface area contributed by atoms with Crippen LogP contribution in [-0.4, -0.2) is 54.3 Å². The molecule has 0 unspecified atom stereocenters. The zero-order valence-electron chi connectivity index (χ0n) is 10.1. The maximum atomic E-state index is 12.2. The van der Waals surface area contributed by atoms with E-state index in [1.165, 1.54) is 11.3 Å². The third-order valence-corrected chi connectivity index (χ3v) is 4.41. The summed E-state index contributed by atoms with van der Waals surface area (Å²) in [5, 5.41) is 0. The average molecular weight is 322 g/mol. The standard InChI is InChI=1S/C11H13Cl2N3O2S/c12-8-5-7(10(13)19-8)11(18)16-3-1-15(2-4-16)6-9(14)17/h5H,1-4,6H2,(H2,14,17). The molecule has 19 heavy (non-hydrogen) atoms. The number of piperazine rings is 1. The molecule has 0 radical (unpaired) electrons. The maximum absolute atomic E-state index is 12.2. The van der Waals surface area contributed by atoms with Crippen LogP contribution in [0.1, 0.15) is 10.4 Å². The first-order chi connectivity index (χ1) is 8.97. The number of thiophene rings is 1. The molecule has 2 rings (SSSR count). The van der Waals surface area contributed by atoms with Crippen LogP contribution in [0, 0.1) is 0 Å². The smallest absolute Gasteiger partial charge is 0.256 e. The Morgan fingerprint density at radius 2 is 1.89 bits per heavy atom. The lowest BCUT2D eigenvalue weighted by Crippen LogP contribution is -2.50. The Morgan fingerprint density at radius 1 is 1.26 bits per heavy atom. The van der Waals surface area contributed by atoms with Crippen LogP contribution in [0.5, 0.6) is 0 Å². The molecule has 1 aliphatic heterocycles. The molecule has 0 bridgehead atoms. The van der Waals surface area contributed by atoms with Gasteiger partial charge in [0, 0.05) is 26.2 Å². The lowest BCUT2D eigenvalue weighted by molar-refractivity contribution is -0.119. The van der Waals surface area contributed by atoms with Crippen LogP contribution in [0.15, 0.2) is 6.07 Å². The van der Waals surface area contributed by atoms with Crippen molar-refractivity contribution in [2.24, 2.45) is 5.73 Å². The van der Waals surface area contributed by atoms with Crippen molar-refractivity contribution in [2.45, 2.75) is 0 Å². The van der Waals surface area contributed by atoms with Crippen molar-refractivity contribution in [3.63, 3.8) is 0 Å². The molecule has 1 aromatic heterocycles. The van der Waals surface area contributed by atoms with Crippen LogP contribution in [-0.2, 0) is 4.79 Å². The van der Waals surface area contributed by atoms with Crippen molar-refractivity contribution in [1.82, 2.24) is 9.80 Å². The largest absolute Gasteiger partial charge is 0.369 e. The molecule has 0 aromatic carbocycles. The molecule has 1 fully saturated rings. The van der Waals surface area contributed by atoms with E-state index in [0.717, 1.165) is 0 Å². The quantitative estimate of drug-likeness (QED) is 0.912. The van der Waals surface area contributed by atoms with Gasteiger partial charge < -0.3 is 10.6 Å². The van der Waals surface area contributed by atoms with E-state index in [-0.39, 0.29) is 18.4 Å². The van der Waals surface area contributed by atoms with E-state index >= 15 is 0 Å². The number of hydrogen-bond donors (Lipinski definition) is 1. The van der Waals surface area contributed by atoms with Gasteiger partial charge in [0.1, 0.15) is 4.34 Å². The summed E-state index contributed by atoms with van der Waals surface area (Å²) in [5.41, 5.74) is 5.58. The van der Waals surface area contributed by atoms with Crippen LogP contribution < -0.4 is 5.73 Å². The second-order valence-corrected chi connectivity index (χ2v) is 6.56. The molecule has 1 saturated heterocycles. The highest BCUT2D eigenvalue weighted by molar-refractivity contribution is 7.20. The molecule has 0 saturated carbocycles. The summed E-state index contributed by atoms with van der Waals surface area (Å²) in [5.74, 6) is -0.473. The fraction of sp³-hybridized carbons (Fsp3) is 0.455. The molecule has 2 amide bonds. The fourth-order valence-electron chi connectivity index (χ4n) is 1.99. The van der Waals surface area contributed by atoms with Gasteiger partial charge in [-0.15, -0.1) is 11.3 Å². The third-order valence-electron chi connectivity index (χ3n) is 2.93. The van der Waals surface area contributed by atoms with Gasteiger partial charge in [0.25, 0.3) is 5.91 Å². The molecule has 0 aliphatic carbocycles. The molecule has 2 N–H and O–H groups in total. The summed E-state index contributed by atoms with van der Waals surface area (Å²) >= 11 is 13.0. The Bertz CT molecular complexity index is 498. The summed E-state index contributed by atoms with van der Waals surface area (Å²) in [6.45, 7) is 2.59. The average Bonchev–Trinajstić information content (AvgIpc) is 2.68. The van der Waals surface area contributed by atoms with E-state index in [1.54, 1.807) is 11.0 Å². The van der Waals surface area contributed by atoms with Gasteiger partial charge in [0.15, 0.2) is 0 Å². The SMILES string of the molecule is NC(=O)CN1CCN(C(=O)c2cc(Cl)sc2Cl)CC1. The van der Waals surface area contributed by atoms with Crippen LogP contribution in [0.25, 0.3) is 0 Å². The first kappa shape index (κ1) is 14.6. The van der Waals surface area contributed by atoms with E-state index in [9.17, 15) is 9.59 Å². The molecule has 0 spiro atoms. The minimum Gasteiger partial charge on any atom is -0.369 e. The molecule has 5 nitrogen and oxygen atoms in total. The normalized spacial score (nSPS) is 16.6. The first-order valence-corrected chi connectivity index (χ1v) is 7.29. The van der Waals surface area contributed by atoms with E-state index in [1.807, 2.05) is 4.90 Å². The predicted octanol–water partition coefficient (Wildman–Crippen LogP) is 1.30. The number of carbonyl (C=O) groups excluding carboxylic acids is 2. The number of rotatable bonds is 3. The lowest BCUT2D eigenvalue weighted by atomic mass is 10.2. The molecular formula is C11H13Cl2N3O2S. The Morgan fingerprint density at radius 3 is 2.37 bits per heavy atom. The van der Waals surface area contributed by atoms with Crippen molar-refractivity contribution in [3.05, 3.63) is 20.3 Å². The zero-order valence-corrected chi connectivity index (χ0v) is 12.4. The number of hydrogen-bond acceptors (Lipinski definition) is 4. The minimum absolute atomic E-state index is 0.119. The van der Waals surface area contributed by atoms with Crippen molar-refractivity contribution < 1.29 is 9.59 Å². The summed E-state index contributed by atoms with van der Waals surface area (Å²) in [7, 11) is 0. The van der Waals surface area contributed by atoms with Gasteiger partial charge >= 0.3 is 0 Å². The highest BCUT2D eigenvalue weighted by Gasteiger charge is 2.25.